The predicted molar refractivity (Wildman–Crippen MR) is 78.0 cm³/mol. The Morgan fingerprint density at radius 2 is 1.74 bits per heavy atom. The van der Waals surface area contributed by atoms with Gasteiger partial charge in [0.15, 0.2) is 0 Å². The van der Waals surface area contributed by atoms with Crippen LogP contribution in [0.5, 0.6) is 11.5 Å². The number of aliphatic hydroxyl groups excluding tert-OH is 1. The molecular formula is C16H17ClO2. The molecule has 0 fully saturated rings. The molecule has 3 heteroatoms. The third-order valence-electron chi connectivity index (χ3n) is 3.00. The molecule has 0 spiro atoms. The standard InChI is InChI=1S/C16H17ClO2/c1-3-12-10-15(8-9-16(12)17)19-14-6-4-13(5-7-14)11(2)18/h4-11,18H,3H2,1-2H3/t11-/m1/s1. The molecule has 100 valence electrons. The van der Waals surface area contributed by atoms with E-state index in [9.17, 15) is 5.11 Å². The van der Waals surface area contributed by atoms with Gasteiger partial charge in [0.1, 0.15) is 11.5 Å². The van der Waals surface area contributed by atoms with Crippen LogP contribution in [-0.4, -0.2) is 5.11 Å². The molecule has 0 heterocycles. The summed E-state index contributed by atoms with van der Waals surface area (Å²) in [5.41, 5.74) is 1.94. The second-order valence-corrected chi connectivity index (χ2v) is 4.86. The van der Waals surface area contributed by atoms with Crippen LogP contribution in [-0.2, 0) is 6.42 Å². The highest BCUT2D eigenvalue weighted by molar-refractivity contribution is 6.31. The summed E-state index contributed by atoms with van der Waals surface area (Å²) < 4.78 is 5.77. The van der Waals surface area contributed by atoms with Crippen LogP contribution in [0.25, 0.3) is 0 Å². The van der Waals surface area contributed by atoms with Crippen LogP contribution < -0.4 is 4.74 Å². The van der Waals surface area contributed by atoms with Gasteiger partial charge >= 0.3 is 0 Å². The van der Waals surface area contributed by atoms with Crippen LogP contribution in [0.3, 0.4) is 0 Å². The van der Waals surface area contributed by atoms with E-state index in [1.54, 1.807) is 6.92 Å². The van der Waals surface area contributed by atoms with Crippen molar-refractivity contribution in [1.29, 1.82) is 0 Å². The minimum Gasteiger partial charge on any atom is -0.457 e. The van der Waals surface area contributed by atoms with Gasteiger partial charge in [0.25, 0.3) is 0 Å². The van der Waals surface area contributed by atoms with Gasteiger partial charge in [-0.1, -0.05) is 30.7 Å². The first-order valence-electron chi connectivity index (χ1n) is 6.34. The minimum atomic E-state index is -0.462. The summed E-state index contributed by atoms with van der Waals surface area (Å²) in [6.07, 6.45) is 0.410. The van der Waals surface area contributed by atoms with Crippen molar-refractivity contribution in [3.8, 4) is 11.5 Å². The molecule has 0 aliphatic rings. The summed E-state index contributed by atoms with van der Waals surface area (Å²) in [4.78, 5) is 0. The first-order chi connectivity index (χ1) is 9.10. The van der Waals surface area contributed by atoms with Crippen molar-refractivity contribution in [3.63, 3.8) is 0 Å². The lowest BCUT2D eigenvalue weighted by Gasteiger charge is -2.10. The smallest absolute Gasteiger partial charge is 0.127 e. The number of aliphatic hydroxyl groups is 1. The van der Waals surface area contributed by atoms with E-state index < -0.39 is 6.10 Å². The highest BCUT2D eigenvalue weighted by Gasteiger charge is 2.04. The van der Waals surface area contributed by atoms with Crippen molar-refractivity contribution in [2.45, 2.75) is 26.4 Å². The van der Waals surface area contributed by atoms with Gasteiger partial charge in [-0.15, -0.1) is 0 Å². The van der Waals surface area contributed by atoms with Crippen LogP contribution in [0.1, 0.15) is 31.1 Å². The molecule has 0 unspecified atom stereocenters. The van der Waals surface area contributed by atoms with Gasteiger partial charge in [-0.05, 0) is 54.8 Å². The van der Waals surface area contributed by atoms with Crippen LogP contribution in [0.15, 0.2) is 42.5 Å². The number of rotatable bonds is 4. The molecule has 0 saturated heterocycles. The molecule has 2 rings (SSSR count). The minimum absolute atomic E-state index is 0.462. The number of halogens is 1. The van der Waals surface area contributed by atoms with Gasteiger partial charge in [-0.25, -0.2) is 0 Å². The van der Waals surface area contributed by atoms with E-state index in [1.165, 1.54) is 0 Å². The molecule has 1 atom stereocenters. The van der Waals surface area contributed by atoms with Gasteiger partial charge in [-0.3, -0.25) is 0 Å². The molecule has 2 aromatic rings. The molecule has 0 radical (unpaired) electrons. The molecule has 0 aliphatic heterocycles. The normalized spacial score (nSPS) is 12.2. The third kappa shape index (κ3) is 3.49. The van der Waals surface area contributed by atoms with E-state index in [0.717, 1.165) is 34.1 Å². The zero-order chi connectivity index (χ0) is 13.8. The maximum atomic E-state index is 9.45. The number of hydrogen-bond acceptors (Lipinski definition) is 2. The average Bonchev–Trinajstić information content (AvgIpc) is 2.41. The van der Waals surface area contributed by atoms with Crippen LogP contribution >= 0.6 is 11.6 Å². The highest BCUT2D eigenvalue weighted by atomic mass is 35.5. The quantitative estimate of drug-likeness (QED) is 0.873. The molecule has 19 heavy (non-hydrogen) atoms. The third-order valence-corrected chi connectivity index (χ3v) is 3.37. The van der Waals surface area contributed by atoms with Crippen LogP contribution in [0, 0.1) is 0 Å². The van der Waals surface area contributed by atoms with Crippen molar-refractivity contribution in [3.05, 3.63) is 58.6 Å². The zero-order valence-electron chi connectivity index (χ0n) is 11.1. The Labute approximate surface area is 118 Å². The molecule has 0 amide bonds. The second-order valence-electron chi connectivity index (χ2n) is 4.45. The molecule has 0 aliphatic carbocycles. The Balaban J connectivity index is 2.16. The van der Waals surface area contributed by atoms with E-state index in [-0.39, 0.29) is 0 Å². The lowest BCUT2D eigenvalue weighted by Crippen LogP contribution is -1.91. The van der Waals surface area contributed by atoms with E-state index in [0.29, 0.717) is 0 Å². The summed E-state index contributed by atoms with van der Waals surface area (Å²) in [6.45, 7) is 3.80. The van der Waals surface area contributed by atoms with Gasteiger partial charge in [0, 0.05) is 5.02 Å². The van der Waals surface area contributed by atoms with Crippen molar-refractivity contribution in [2.75, 3.05) is 0 Å². The first-order valence-corrected chi connectivity index (χ1v) is 6.72. The maximum Gasteiger partial charge on any atom is 0.127 e. The summed E-state index contributed by atoms with van der Waals surface area (Å²) in [6, 6.07) is 13.1. The monoisotopic (exact) mass is 276 g/mol. The Bertz CT molecular complexity index is 547. The Hall–Kier alpha value is -1.51. The second kappa shape index (κ2) is 6.09. The van der Waals surface area contributed by atoms with Crippen LogP contribution in [0.4, 0.5) is 0 Å². The maximum absolute atomic E-state index is 9.45. The van der Waals surface area contributed by atoms with Crippen molar-refractivity contribution in [2.24, 2.45) is 0 Å². The van der Waals surface area contributed by atoms with Crippen LogP contribution in [0.2, 0.25) is 5.02 Å². The van der Waals surface area contributed by atoms with Crippen molar-refractivity contribution < 1.29 is 9.84 Å². The molecule has 2 aromatic carbocycles. The molecule has 0 saturated carbocycles. The van der Waals surface area contributed by atoms with Gasteiger partial charge in [0.05, 0.1) is 6.10 Å². The lowest BCUT2D eigenvalue weighted by molar-refractivity contribution is 0.199. The summed E-state index contributed by atoms with van der Waals surface area (Å²) in [7, 11) is 0. The fraction of sp³-hybridized carbons (Fsp3) is 0.250. The Morgan fingerprint density at radius 1 is 1.11 bits per heavy atom. The van der Waals surface area contributed by atoms with Gasteiger partial charge in [0.2, 0.25) is 0 Å². The zero-order valence-corrected chi connectivity index (χ0v) is 11.8. The predicted octanol–water partition coefficient (Wildman–Crippen LogP) is 4.75. The van der Waals surface area contributed by atoms with E-state index in [2.05, 4.69) is 6.92 Å². The number of ether oxygens (including phenoxy) is 1. The SMILES string of the molecule is CCc1cc(Oc2ccc([C@@H](C)O)cc2)ccc1Cl. The number of hydrogen-bond donors (Lipinski definition) is 1. The summed E-state index contributed by atoms with van der Waals surface area (Å²) in [5, 5.41) is 10.2. The Kier molecular flexibility index (Phi) is 4.46. The lowest BCUT2D eigenvalue weighted by atomic mass is 10.1. The van der Waals surface area contributed by atoms with Crippen molar-refractivity contribution >= 4 is 11.6 Å². The molecule has 0 bridgehead atoms. The van der Waals surface area contributed by atoms with E-state index >= 15 is 0 Å². The number of aryl methyl sites for hydroxylation is 1. The largest absolute Gasteiger partial charge is 0.457 e. The van der Waals surface area contributed by atoms with Crippen molar-refractivity contribution in [1.82, 2.24) is 0 Å². The number of benzene rings is 2. The molecule has 0 aromatic heterocycles. The molecule has 1 N–H and O–H groups in total. The summed E-state index contributed by atoms with van der Waals surface area (Å²) >= 11 is 6.07. The highest BCUT2D eigenvalue weighted by Crippen LogP contribution is 2.27. The average molecular weight is 277 g/mol. The van der Waals surface area contributed by atoms with Gasteiger partial charge < -0.3 is 9.84 Å². The van der Waals surface area contributed by atoms with Gasteiger partial charge in [-0.2, -0.15) is 0 Å². The Morgan fingerprint density at radius 3 is 2.32 bits per heavy atom. The fourth-order valence-corrected chi connectivity index (χ4v) is 2.09. The topological polar surface area (TPSA) is 29.5 Å². The molecule has 2 nitrogen and oxygen atoms in total. The van der Waals surface area contributed by atoms with E-state index in [1.807, 2.05) is 42.5 Å². The first kappa shape index (κ1) is 13.9. The van der Waals surface area contributed by atoms with E-state index in [4.69, 9.17) is 16.3 Å². The molecular weight excluding hydrogens is 260 g/mol. The summed E-state index contributed by atoms with van der Waals surface area (Å²) in [5.74, 6) is 1.51. The fourth-order valence-electron chi connectivity index (χ4n) is 1.84.